The van der Waals surface area contributed by atoms with Gasteiger partial charge in [-0.2, -0.15) is 0 Å². The number of halogens is 1. The number of aliphatic hydroxyl groups excluding tert-OH is 6. The maximum absolute atomic E-state index is 14.1. The van der Waals surface area contributed by atoms with E-state index in [9.17, 15) is 123 Å². The minimum Gasteiger partial charge on any atom is -0.508 e. The first-order valence-electron chi connectivity index (χ1n) is 42.9. The zero-order valence-corrected chi connectivity index (χ0v) is 74.2. The van der Waals surface area contributed by atoms with Crippen LogP contribution in [0.5, 0.6) is 17.2 Å². The number of amides is 6. The molecular weight excluding hydrogens is 1730 g/mol. The van der Waals surface area contributed by atoms with Crippen molar-refractivity contribution >= 4 is 93.3 Å². The number of benzene rings is 6. The van der Waals surface area contributed by atoms with Gasteiger partial charge >= 0.3 is 6.09 Å². The average Bonchev–Trinajstić information content (AvgIpc) is 0.705. The molecule has 6 amide bonds. The lowest BCUT2D eigenvalue weighted by atomic mass is 9.57. The van der Waals surface area contributed by atoms with Crippen LogP contribution < -0.4 is 33.2 Å². The molecule has 702 valence electrons. The summed E-state index contributed by atoms with van der Waals surface area (Å²) in [6.45, 7) is 1.19. The Morgan fingerprint density at radius 2 is 0.782 bits per heavy atom. The number of aliphatic hydroxyl groups is 9. The molecular formula is C96H105FN10O26. The third-order valence-corrected chi connectivity index (χ3v) is 26.6. The molecule has 0 aliphatic heterocycles. The Bertz CT molecular complexity index is 6110. The number of ketones is 6. The van der Waals surface area contributed by atoms with E-state index in [0.29, 0.717) is 93.0 Å². The van der Waals surface area contributed by atoms with E-state index in [-0.39, 0.29) is 108 Å². The van der Waals surface area contributed by atoms with Gasteiger partial charge in [0.15, 0.2) is 34.2 Å². The fraction of sp³-hybridized carbons (Fsp3) is 0.375. The van der Waals surface area contributed by atoms with Crippen LogP contribution >= 0.6 is 0 Å². The normalized spacial score (nSPS) is 24.5. The molecule has 12 atom stereocenters. The number of unbranched alkanes of at least 4 members (excludes halogenated alkanes) is 1. The summed E-state index contributed by atoms with van der Waals surface area (Å²) in [5.41, 5.74) is 11.1. The molecule has 0 heterocycles. The molecule has 0 spiro atoms. The largest absolute Gasteiger partial charge is 0.508 e. The number of phenols is 3. The van der Waals surface area contributed by atoms with E-state index in [0.717, 1.165) is 19.4 Å². The lowest BCUT2D eigenvalue weighted by Crippen LogP contribution is -2.65. The van der Waals surface area contributed by atoms with Crippen LogP contribution in [0.1, 0.15) is 92.6 Å². The monoisotopic (exact) mass is 1830 g/mol. The maximum atomic E-state index is 14.1. The second-order valence-corrected chi connectivity index (χ2v) is 35.4. The van der Waals surface area contributed by atoms with E-state index in [2.05, 4.69) is 25.6 Å². The number of alkyl halides is 1. The Hall–Kier alpha value is -13.8. The number of likely N-dealkylation sites (N-methyl/N-ethyl adjacent to an activating group) is 3. The highest BCUT2D eigenvalue weighted by Crippen LogP contribution is 2.58. The second-order valence-electron chi connectivity index (χ2n) is 35.4. The van der Waals surface area contributed by atoms with Crippen LogP contribution in [0.15, 0.2) is 160 Å². The van der Waals surface area contributed by atoms with Gasteiger partial charge in [-0.3, -0.25) is 72.8 Å². The fourth-order valence-corrected chi connectivity index (χ4v) is 20.6. The number of phenolic OH excluding ortho intramolecular Hbond substituents is 3. The summed E-state index contributed by atoms with van der Waals surface area (Å²) in [6, 6.07) is 25.8. The summed E-state index contributed by atoms with van der Waals surface area (Å²) in [6.07, 6.45) is 1.91. The number of nitrogens with zero attached hydrogens (tertiary/aromatic N) is 4. The quantitative estimate of drug-likeness (QED) is 0.0288. The van der Waals surface area contributed by atoms with Crippen molar-refractivity contribution in [2.24, 2.45) is 52.7 Å². The molecule has 0 unspecified atom stereocenters. The maximum Gasteiger partial charge on any atom is 0.411 e. The summed E-state index contributed by atoms with van der Waals surface area (Å²) in [5, 5.41) is 143. The van der Waals surface area contributed by atoms with Gasteiger partial charge in [0.2, 0.25) is 17.3 Å². The highest BCUT2D eigenvalue weighted by Gasteiger charge is 2.68. The molecule has 21 N–H and O–H groups in total. The topological polar surface area (TPSA) is 593 Å². The summed E-state index contributed by atoms with van der Waals surface area (Å²) in [5.74, 6) is -21.9. The molecule has 3 saturated carbocycles. The number of Topliss-reactive ketones (excluding diaryl/α,β-unsaturated/α-hetero) is 6. The number of carbonyl (C=O) groups is 12. The Kier molecular flexibility index (Phi) is 27.5. The van der Waals surface area contributed by atoms with Gasteiger partial charge in [0.05, 0.1) is 34.8 Å². The molecule has 3 fully saturated rings. The van der Waals surface area contributed by atoms with Crippen LogP contribution in [0.3, 0.4) is 0 Å². The standard InChI is InChI=1S/C34H40N4O8.C32H35N3O9.C30H30FN3O9/c1-37(2)13-6-5-12-36-33(45)18-9-7-8-17(14-18)20-10-11-23(39)25-21(20)15-19-16-22-27(38(3)4)29(41)26(32(35)44)31(43)34(22,46)30(42)24(19)28(25)40;1-35(2)25-20-14-17-13-19-18(15-6-4-7-16(12-15)31(42)34-10-5-11-44-3)8-9-21(36)23(19)26(37)22(17)28(39)32(20,43)29(40)24(27(25)38)30(33)41;1-34(2)23-18-12-14-11-17-16(13-3-5-15(6-4-13)33-29(41)43-10-9-31)7-8-19(35)21(17)24(36)20(14)26(38)30(18,42)27(39)22(25(23)37)28(32)40/h7-11,14,19,22,27,39-40,43,46H,5-6,12-13,15-16H2,1-4H3,(H2,35,44)(H,36,45);4,6-9,12,17,20,25,36-37,40,43H,5,10-11,13-14H2,1-3H3,(H2,33,41)(H,34,42);3-8,14,18,23,35-36,39,42H,9-12H2,1-2H3,(H2,32,40)(H,33,41)/t19-,22-,27-,34-;17-,20-,25-,32-;14-,18-,23+,30-/m000/s1. The molecule has 133 heavy (non-hydrogen) atoms. The summed E-state index contributed by atoms with van der Waals surface area (Å²) in [7, 11) is 14.8. The van der Waals surface area contributed by atoms with Crippen LogP contribution in [0, 0.1) is 35.5 Å². The lowest BCUT2D eigenvalue weighted by Gasteiger charge is -2.50. The zero-order valence-electron chi connectivity index (χ0n) is 74.2. The summed E-state index contributed by atoms with van der Waals surface area (Å²) in [4.78, 5) is 162. The molecule has 9 aliphatic carbocycles. The molecule has 36 nitrogen and oxygen atoms in total. The Morgan fingerprint density at radius 3 is 1.10 bits per heavy atom. The van der Waals surface area contributed by atoms with Crippen molar-refractivity contribution < 1.29 is 133 Å². The number of carbonyl (C=O) groups excluding carboxylic acids is 12. The highest BCUT2D eigenvalue weighted by molar-refractivity contribution is 6.27. The number of aromatic hydroxyl groups is 3. The number of rotatable bonds is 23. The molecule has 37 heteroatoms. The van der Waals surface area contributed by atoms with E-state index < -0.39 is 187 Å². The molecule has 0 saturated heterocycles. The highest BCUT2D eigenvalue weighted by atomic mass is 19.1. The van der Waals surface area contributed by atoms with Gasteiger partial charge in [0, 0.05) is 78.1 Å². The van der Waals surface area contributed by atoms with Crippen molar-refractivity contribution in [3.63, 3.8) is 0 Å². The fourth-order valence-electron chi connectivity index (χ4n) is 20.6. The van der Waals surface area contributed by atoms with E-state index in [1.807, 2.05) is 14.1 Å². The van der Waals surface area contributed by atoms with Crippen LogP contribution in [0.2, 0.25) is 0 Å². The summed E-state index contributed by atoms with van der Waals surface area (Å²) >= 11 is 0. The number of nitrogens with one attached hydrogen (secondary N) is 3. The Labute approximate surface area is 761 Å². The van der Waals surface area contributed by atoms with Gasteiger partial charge in [-0.05, 0) is 243 Å². The van der Waals surface area contributed by atoms with Gasteiger partial charge < -0.3 is 103 Å². The average molecular weight is 1830 g/mol. The van der Waals surface area contributed by atoms with Gasteiger partial charge in [-0.1, -0.05) is 54.6 Å². The van der Waals surface area contributed by atoms with Gasteiger partial charge in [0.1, 0.15) is 81.8 Å². The Balaban J connectivity index is 0.000000169. The first-order chi connectivity index (χ1) is 62.9. The van der Waals surface area contributed by atoms with Gasteiger partial charge in [0.25, 0.3) is 29.5 Å². The second kappa shape index (κ2) is 37.8. The third-order valence-electron chi connectivity index (χ3n) is 26.6. The van der Waals surface area contributed by atoms with Crippen molar-refractivity contribution in [2.75, 3.05) is 108 Å². The van der Waals surface area contributed by atoms with E-state index in [1.54, 1.807) is 126 Å². The predicted molar refractivity (Wildman–Crippen MR) is 479 cm³/mol. The van der Waals surface area contributed by atoms with E-state index in [4.69, 9.17) is 21.9 Å². The predicted octanol–water partition coefficient (Wildman–Crippen LogP) is 5.25. The third kappa shape index (κ3) is 16.9. The minimum absolute atomic E-state index is 0.00969. The number of methoxy groups -OCH3 is 1. The number of hydrogen-bond donors (Lipinski definition) is 18. The number of nitrogens with two attached hydrogens (primary N) is 3. The molecule has 0 aromatic heterocycles. The van der Waals surface area contributed by atoms with Crippen LogP contribution in [0.25, 0.3) is 50.7 Å². The van der Waals surface area contributed by atoms with Crippen molar-refractivity contribution in [3.05, 3.63) is 204 Å². The Morgan fingerprint density at radius 1 is 0.444 bits per heavy atom. The van der Waals surface area contributed by atoms with Crippen molar-refractivity contribution in [1.29, 1.82) is 0 Å². The van der Waals surface area contributed by atoms with Gasteiger partial charge in [-0.15, -0.1) is 0 Å². The SMILES string of the molecule is CN(C)CCCCNC(=O)c1cccc(-c2ccc(O)c3c2C[C@H]2C[C@H]4[C@H](N(C)C)C(=O)C(C(N)=O)=C(O)[C@@]4(O)C(=O)C2=C3O)c1.CN(C)[C@H]1C(=O)C(C(N)=O)=C(O)[C@@]2(O)C(=O)C3=C(O)c4c(O)ccc(-c5ccc(NC(=O)OCCF)cc5)c4C[C@H]3C[C@@H]12.COCCCNC(=O)c1cccc(-c2ccc(O)c3c2C[C@H]2C[C@H]4[C@H](N(C)C)C(=O)C(C(N)=O)=C(O)[C@@]4(O)C(=O)C2=C3O)c1. The number of primary amides is 3. The number of anilines is 1. The van der Waals surface area contributed by atoms with Crippen molar-refractivity contribution in [2.45, 2.75) is 92.7 Å². The molecule has 6 aromatic rings. The van der Waals surface area contributed by atoms with E-state index in [1.165, 1.54) is 47.0 Å². The van der Waals surface area contributed by atoms with Crippen LogP contribution in [0.4, 0.5) is 14.9 Å². The van der Waals surface area contributed by atoms with Gasteiger partial charge in [-0.25, -0.2) is 9.18 Å². The number of ether oxygens (including phenoxy) is 2. The van der Waals surface area contributed by atoms with Crippen molar-refractivity contribution in [3.8, 4) is 50.6 Å². The molecule has 0 bridgehead atoms. The summed E-state index contributed by atoms with van der Waals surface area (Å²) < 4.78 is 21.9. The van der Waals surface area contributed by atoms with Crippen molar-refractivity contribution in [1.82, 2.24) is 30.2 Å². The zero-order chi connectivity index (χ0) is 97.1. The van der Waals surface area contributed by atoms with E-state index >= 15 is 0 Å². The van der Waals surface area contributed by atoms with Crippen LogP contribution in [-0.4, -0.2) is 289 Å². The lowest BCUT2D eigenvalue weighted by molar-refractivity contribution is -0.155. The molecule has 6 aromatic carbocycles. The number of fused-ring (bicyclic) bond motifs is 9. The first-order valence-corrected chi connectivity index (χ1v) is 42.9. The molecule has 9 aliphatic rings. The number of hydrogen-bond acceptors (Lipinski definition) is 30. The smallest absolute Gasteiger partial charge is 0.411 e. The van der Waals surface area contributed by atoms with Crippen LogP contribution in [-0.2, 0) is 71.9 Å². The molecule has 15 rings (SSSR count). The molecule has 0 radical (unpaired) electrons. The minimum atomic E-state index is -2.72. The first kappa shape index (κ1) is 96.8.